The normalized spacial score (nSPS) is 14.9. The van der Waals surface area contributed by atoms with Crippen molar-refractivity contribution in [3.8, 4) is 0 Å². The van der Waals surface area contributed by atoms with Crippen LogP contribution in [-0.2, 0) is 4.79 Å². The van der Waals surface area contributed by atoms with E-state index in [9.17, 15) is 4.79 Å². The van der Waals surface area contributed by atoms with Crippen LogP contribution in [0.2, 0.25) is 10.0 Å². The molecule has 0 atom stereocenters. The number of nitrogens with one attached hydrogen (secondary N) is 1. The SMILES string of the molecule is O=CN(CCCCN1CCN(c2cccc(Cl)c2Cl)CC1)c1cc2cc(Br)ccc2[nH]1. The van der Waals surface area contributed by atoms with Crippen LogP contribution >= 0.6 is 39.1 Å². The Kier molecular flexibility index (Phi) is 7.43. The Hall–Kier alpha value is -1.73. The highest BCUT2D eigenvalue weighted by molar-refractivity contribution is 9.10. The first-order valence-corrected chi connectivity index (χ1v) is 12.0. The van der Waals surface area contributed by atoms with E-state index in [0.29, 0.717) is 16.6 Å². The summed E-state index contributed by atoms with van der Waals surface area (Å²) in [6.07, 6.45) is 2.92. The lowest BCUT2D eigenvalue weighted by Crippen LogP contribution is -2.46. The van der Waals surface area contributed by atoms with Gasteiger partial charge >= 0.3 is 0 Å². The second-order valence-electron chi connectivity index (χ2n) is 7.79. The van der Waals surface area contributed by atoms with Crippen molar-refractivity contribution in [3.63, 3.8) is 0 Å². The summed E-state index contributed by atoms with van der Waals surface area (Å²) in [6, 6.07) is 13.9. The van der Waals surface area contributed by atoms with Crippen molar-refractivity contribution in [2.24, 2.45) is 0 Å². The van der Waals surface area contributed by atoms with E-state index < -0.39 is 0 Å². The zero-order valence-corrected chi connectivity index (χ0v) is 20.3. The van der Waals surface area contributed by atoms with Crippen LogP contribution in [0.15, 0.2) is 46.9 Å². The Morgan fingerprint density at radius 2 is 1.87 bits per heavy atom. The van der Waals surface area contributed by atoms with Crippen molar-refractivity contribution in [2.45, 2.75) is 12.8 Å². The van der Waals surface area contributed by atoms with Gasteiger partial charge in [0.05, 0.1) is 15.7 Å². The van der Waals surface area contributed by atoms with Crippen LogP contribution in [0.1, 0.15) is 12.8 Å². The third kappa shape index (κ3) is 5.37. The summed E-state index contributed by atoms with van der Waals surface area (Å²) in [5.74, 6) is 0.843. The standard InChI is InChI=1S/C23H25BrCl2N4O/c24-18-6-7-20-17(14-18)15-22(27-20)30(16-31)9-2-1-8-28-10-12-29(13-11-28)21-5-3-4-19(25)23(21)26/h3-7,14-16,27H,1-2,8-13H2. The third-order valence-electron chi connectivity index (χ3n) is 5.77. The van der Waals surface area contributed by atoms with Crippen LogP contribution in [0.5, 0.6) is 0 Å². The molecule has 1 fully saturated rings. The molecule has 0 saturated carbocycles. The van der Waals surface area contributed by atoms with Crippen LogP contribution in [0.4, 0.5) is 11.5 Å². The van der Waals surface area contributed by atoms with Crippen LogP contribution < -0.4 is 9.80 Å². The number of nitrogens with zero attached hydrogens (tertiary/aromatic N) is 3. The number of carbonyl (C=O) groups is 1. The number of benzene rings is 2. The Morgan fingerprint density at radius 1 is 1.06 bits per heavy atom. The number of hydrogen-bond donors (Lipinski definition) is 1. The molecule has 164 valence electrons. The first-order valence-electron chi connectivity index (χ1n) is 10.5. The molecule has 1 aliphatic heterocycles. The number of aromatic amines is 1. The van der Waals surface area contributed by atoms with E-state index in [2.05, 4.69) is 36.8 Å². The number of fused-ring (bicyclic) bond motifs is 1. The molecule has 1 amide bonds. The van der Waals surface area contributed by atoms with Gasteiger partial charge in [0.1, 0.15) is 5.82 Å². The molecule has 0 bridgehead atoms. The average Bonchev–Trinajstić information content (AvgIpc) is 3.19. The maximum Gasteiger partial charge on any atom is 0.215 e. The molecule has 3 aromatic rings. The average molecular weight is 524 g/mol. The fourth-order valence-electron chi connectivity index (χ4n) is 4.04. The van der Waals surface area contributed by atoms with Crippen molar-refractivity contribution in [3.05, 3.63) is 57.0 Å². The topological polar surface area (TPSA) is 42.6 Å². The minimum atomic E-state index is 0.601. The maximum absolute atomic E-state index is 11.6. The fraction of sp³-hybridized carbons (Fsp3) is 0.348. The molecule has 1 N–H and O–H groups in total. The number of piperazine rings is 1. The molecule has 0 aliphatic carbocycles. The zero-order valence-electron chi connectivity index (χ0n) is 17.2. The fourth-order valence-corrected chi connectivity index (χ4v) is 4.83. The van der Waals surface area contributed by atoms with Gasteiger partial charge in [-0.15, -0.1) is 0 Å². The Labute approximate surface area is 201 Å². The molecule has 1 saturated heterocycles. The molecule has 0 spiro atoms. The largest absolute Gasteiger partial charge is 0.368 e. The predicted molar refractivity (Wildman–Crippen MR) is 134 cm³/mol. The van der Waals surface area contributed by atoms with Gasteiger partial charge in [-0.2, -0.15) is 0 Å². The quantitative estimate of drug-likeness (QED) is 0.299. The molecule has 1 aliphatic rings. The highest BCUT2D eigenvalue weighted by Gasteiger charge is 2.19. The van der Waals surface area contributed by atoms with Crippen molar-refractivity contribution in [2.75, 3.05) is 49.1 Å². The molecular formula is C23H25BrCl2N4O. The number of anilines is 2. The lowest BCUT2D eigenvalue weighted by molar-refractivity contribution is -0.107. The number of carbonyl (C=O) groups excluding carboxylic acids is 1. The number of H-pyrrole nitrogens is 1. The first kappa shape index (κ1) is 22.5. The summed E-state index contributed by atoms with van der Waals surface area (Å²) in [5, 5.41) is 2.33. The molecule has 2 aromatic carbocycles. The van der Waals surface area contributed by atoms with E-state index in [1.165, 1.54) is 0 Å². The van der Waals surface area contributed by atoms with E-state index in [4.69, 9.17) is 23.2 Å². The van der Waals surface area contributed by atoms with Crippen LogP contribution in [0, 0.1) is 0 Å². The number of unbranched alkanes of at least 4 members (excludes halogenated alkanes) is 1. The summed E-state index contributed by atoms with van der Waals surface area (Å²) >= 11 is 16.0. The molecule has 4 rings (SSSR count). The van der Waals surface area contributed by atoms with Gasteiger partial charge in [0.25, 0.3) is 0 Å². The number of hydrogen-bond acceptors (Lipinski definition) is 3. The predicted octanol–water partition coefficient (Wildman–Crippen LogP) is 5.80. The number of amides is 1. The highest BCUT2D eigenvalue weighted by atomic mass is 79.9. The van der Waals surface area contributed by atoms with E-state index in [-0.39, 0.29) is 0 Å². The monoisotopic (exact) mass is 522 g/mol. The molecule has 31 heavy (non-hydrogen) atoms. The van der Waals surface area contributed by atoms with Gasteiger partial charge in [-0.05, 0) is 55.8 Å². The van der Waals surface area contributed by atoms with Gasteiger partial charge in [0.2, 0.25) is 6.41 Å². The van der Waals surface area contributed by atoms with Crippen LogP contribution in [0.25, 0.3) is 10.9 Å². The summed E-state index contributed by atoms with van der Waals surface area (Å²) < 4.78 is 1.03. The minimum absolute atomic E-state index is 0.601. The molecular weight excluding hydrogens is 499 g/mol. The van der Waals surface area contributed by atoms with E-state index in [1.807, 2.05) is 36.4 Å². The molecule has 5 nitrogen and oxygen atoms in total. The highest BCUT2D eigenvalue weighted by Crippen LogP contribution is 2.33. The van der Waals surface area contributed by atoms with E-state index in [0.717, 1.165) is 78.9 Å². The molecule has 8 heteroatoms. The van der Waals surface area contributed by atoms with Gasteiger partial charge in [-0.3, -0.25) is 9.69 Å². The Bertz CT molecular complexity index is 1050. The summed E-state index contributed by atoms with van der Waals surface area (Å²) in [4.78, 5) is 21.5. The van der Waals surface area contributed by atoms with Gasteiger partial charge in [0, 0.05) is 48.1 Å². The first-order chi connectivity index (χ1) is 15.0. The van der Waals surface area contributed by atoms with Gasteiger partial charge < -0.3 is 14.8 Å². The molecule has 2 heterocycles. The smallest absolute Gasteiger partial charge is 0.215 e. The maximum atomic E-state index is 11.6. The Balaban J connectivity index is 1.23. The van der Waals surface area contributed by atoms with Crippen molar-refractivity contribution < 1.29 is 4.79 Å². The van der Waals surface area contributed by atoms with Gasteiger partial charge in [-0.25, -0.2) is 0 Å². The Morgan fingerprint density at radius 3 is 2.65 bits per heavy atom. The third-order valence-corrected chi connectivity index (χ3v) is 7.07. The number of rotatable bonds is 8. The van der Waals surface area contributed by atoms with Gasteiger partial charge in [0.15, 0.2) is 0 Å². The zero-order chi connectivity index (χ0) is 21.8. The lowest BCUT2D eigenvalue weighted by atomic mass is 10.2. The van der Waals surface area contributed by atoms with Crippen molar-refractivity contribution in [1.29, 1.82) is 0 Å². The van der Waals surface area contributed by atoms with Crippen molar-refractivity contribution in [1.82, 2.24) is 9.88 Å². The van der Waals surface area contributed by atoms with Crippen LogP contribution in [0.3, 0.4) is 0 Å². The lowest BCUT2D eigenvalue weighted by Gasteiger charge is -2.36. The van der Waals surface area contributed by atoms with Crippen molar-refractivity contribution >= 4 is 68.0 Å². The number of halogens is 3. The van der Waals surface area contributed by atoms with Crippen LogP contribution in [-0.4, -0.2) is 55.6 Å². The second kappa shape index (κ2) is 10.3. The van der Waals surface area contributed by atoms with Gasteiger partial charge in [-0.1, -0.05) is 45.2 Å². The second-order valence-corrected chi connectivity index (χ2v) is 9.49. The summed E-state index contributed by atoms with van der Waals surface area (Å²) in [6.45, 7) is 5.60. The summed E-state index contributed by atoms with van der Waals surface area (Å²) in [5.41, 5.74) is 2.04. The minimum Gasteiger partial charge on any atom is -0.368 e. The molecule has 1 aromatic heterocycles. The summed E-state index contributed by atoms with van der Waals surface area (Å²) in [7, 11) is 0. The molecule has 0 radical (unpaired) electrons. The molecule has 0 unspecified atom stereocenters. The van der Waals surface area contributed by atoms with E-state index >= 15 is 0 Å². The van der Waals surface area contributed by atoms with E-state index in [1.54, 1.807) is 4.90 Å². The number of aromatic nitrogens is 1.